The molecule has 5 heteroatoms. The molecule has 0 spiro atoms. The molecule has 0 aliphatic carbocycles. The molecule has 2 heterocycles. The number of aromatic nitrogens is 2. The number of hydrogen-bond acceptors (Lipinski definition) is 5. The second-order valence-electron chi connectivity index (χ2n) is 6.62. The fraction of sp³-hybridized carbons (Fsp3) is 0.579. The van der Waals surface area contributed by atoms with Gasteiger partial charge in [-0.15, -0.1) is 10.2 Å². The zero-order chi connectivity index (χ0) is 16.8. The SMILES string of the molecule is COC(c1ccccc1)c1nnc(C(C)CN2CCCCCC2)o1. The van der Waals surface area contributed by atoms with Crippen molar-refractivity contribution in [2.24, 2.45) is 0 Å². The Morgan fingerprint density at radius 1 is 1.04 bits per heavy atom. The highest BCUT2D eigenvalue weighted by atomic mass is 16.5. The van der Waals surface area contributed by atoms with E-state index in [2.05, 4.69) is 22.0 Å². The van der Waals surface area contributed by atoms with Gasteiger partial charge in [-0.05, 0) is 31.5 Å². The Morgan fingerprint density at radius 3 is 2.38 bits per heavy atom. The summed E-state index contributed by atoms with van der Waals surface area (Å²) >= 11 is 0. The van der Waals surface area contributed by atoms with Crippen molar-refractivity contribution in [2.45, 2.75) is 44.6 Å². The Bertz CT molecular complexity index is 606. The van der Waals surface area contributed by atoms with Gasteiger partial charge in [0.15, 0.2) is 6.10 Å². The predicted molar refractivity (Wildman–Crippen MR) is 92.9 cm³/mol. The Hall–Kier alpha value is -1.72. The number of ether oxygens (including phenoxy) is 1. The summed E-state index contributed by atoms with van der Waals surface area (Å²) in [6.07, 6.45) is 4.98. The summed E-state index contributed by atoms with van der Waals surface area (Å²) in [5.74, 6) is 1.46. The minimum atomic E-state index is -0.308. The van der Waals surface area contributed by atoms with Crippen LogP contribution in [-0.2, 0) is 4.74 Å². The van der Waals surface area contributed by atoms with Gasteiger partial charge in [0.2, 0.25) is 11.8 Å². The van der Waals surface area contributed by atoms with Crippen LogP contribution in [0.5, 0.6) is 0 Å². The molecular weight excluding hydrogens is 302 g/mol. The molecule has 130 valence electrons. The molecule has 1 aromatic carbocycles. The lowest BCUT2D eigenvalue weighted by molar-refractivity contribution is 0.109. The van der Waals surface area contributed by atoms with Crippen molar-refractivity contribution in [3.05, 3.63) is 47.7 Å². The van der Waals surface area contributed by atoms with E-state index in [1.54, 1.807) is 7.11 Å². The largest absolute Gasteiger partial charge is 0.422 e. The molecule has 1 aromatic heterocycles. The molecule has 2 unspecified atom stereocenters. The lowest BCUT2D eigenvalue weighted by Gasteiger charge is -2.22. The first-order valence-corrected chi connectivity index (χ1v) is 8.91. The molecule has 2 aromatic rings. The van der Waals surface area contributed by atoms with Crippen LogP contribution in [-0.4, -0.2) is 41.8 Å². The van der Waals surface area contributed by atoms with Crippen LogP contribution in [0.25, 0.3) is 0 Å². The van der Waals surface area contributed by atoms with E-state index in [1.165, 1.54) is 38.8 Å². The van der Waals surface area contributed by atoms with Crippen LogP contribution >= 0.6 is 0 Å². The minimum Gasteiger partial charge on any atom is -0.422 e. The van der Waals surface area contributed by atoms with E-state index in [-0.39, 0.29) is 12.0 Å². The highest BCUT2D eigenvalue weighted by Gasteiger charge is 2.23. The molecular formula is C19H27N3O2. The Morgan fingerprint density at radius 2 is 1.71 bits per heavy atom. The summed E-state index contributed by atoms with van der Waals surface area (Å²) in [5.41, 5.74) is 1.02. The summed E-state index contributed by atoms with van der Waals surface area (Å²) < 4.78 is 11.5. The van der Waals surface area contributed by atoms with Gasteiger partial charge in [0.05, 0.1) is 0 Å². The molecule has 2 atom stereocenters. The standard InChI is InChI=1S/C19H27N3O2/c1-15(14-22-12-8-3-4-9-13-22)18-20-21-19(24-18)17(23-2)16-10-6-5-7-11-16/h5-7,10-11,15,17H,3-4,8-9,12-14H2,1-2H3. The maximum absolute atomic E-state index is 5.95. The molecule has 0 amide bonds. The van der Waals surface area contributed by atoms with Crippen LogP contribution in [0.3, 0.4) is 0 Å². The smallest absolute Gasteiger partial charge is 0.249 e. The molecule has 0 bridgehead atoms. The second-order valence-corrected chi connectivity index (χ2v) is 6.62. The van der Waals surface area contributed by atoms with E-state index < -0.39 is 0 Å². The molecule has 1 aliphatic heterocycles. The van der Waals surface area contributed by atoms with Crippen molar-refractivity contribution in [3.8, 4) is 0 Å². The lowest BCUT2D eigenvalue weighted by Crippen LogP contribution is -2.28. The number of hydrogen-bond donors (Lipinski definition) is 0. The average molecular weight is 329 g/mol. The maximum atomic E-state index is 5.95. The Labute approximate surface area is 144 Å². The van der Waals surface area contributed by atoms with Gasteiger partial charge in [0.25, 0.3) is 0 Å². The van der Waals surface area contributed by atoms with Crippen molar-refractivity contribution >= 4 is 0 Å². The summed E-state index contributed by atoms with van der Waals surface area (Å²) in [6.45, 7) is 5.49. The summed E-state index contributed by atoms with van der Waals surface area (Å²) in [4.78, 5) is 2.52. The van der Waals surface area contributed by atoms with Gasteiger partial charge in [-0.1, -0.05) is 50.1 Å². The zero-order valence-corrected chi connectivity index (χ0v) is 14.6. The van der Waals surface area contributed by atoms with Crippen LogP contribution in [0.1, 0.15) is 62.0 Å². The number of benzene rings is 1. The highest BCUT2D eigenvalue weighted by Crippen LogP contribution is 2.26. The first-order valence-electron chi connectivity index (χ1n) is 8.91. The molecule has 0 saturated carbocycles. The van der Waals surface area contributed by atoms with Gasteiger partial charge < -0.3 is 14.1 Å². The number of nitrogens with zero attached hydrogens (tertiary/aromatic N) is 3. The zero-order valence-electron chi connectivity index (χ0n) is 14.6. The average Bonchev–Trinajstić information content (AvgIpc) is 2.95. The quantitative estimate of drug-likeness (QED) is 0.807. The topological polar surface area (TPSA) is 51.4 Å². The molecule has 3 rings (SSSR count). The van der Waals surface area contributed by atoms with Gasteiger partial charge in [-0.3, -0.25) is 0 Å². The molecule has 1 saturated heterocycles. The molecule has 0 radical (unpaired) electrons. The van der Waals surface area contributed by atoms with E-state index in [0.29, 0.717) is 11.8 Å². The Balaban J connectivity index is 1.67. The van der Waals surface area contributed by atoms with Gasteiger partial charge in [0, 0.05) is 19.6 Å². The highest BCUT2D eigenvalue weighted by molar-refractivity contribution is 5.21. The minimum absolute atomic E-state index is 0.234. The van der Waals surface area contributed by atoms with Crippen LogP contribution in [0.4, 0.5) is 0 Å². The first-order chi connectivity index (χ1) is 11.8. The van der Waals surface area contributed by atoms with Crippen molar-refractivity contribution in [3.63, 3.8) is 0 Å². The van der Waals surface area contributed by atoms with Crippen molar-refractivity contribution in [2.75, 3.05) is 26.7 Å². The van der Waals surface area contributed by atoms with Crippen LogP contribution in [0.2, 0.25) is 0 Å². The van der Waals surface area contributed by atoms with E-state index in [9.17, 15) is 0 Å². The van der Waals surface area contributed by atoms with Crippen molar-refractivity contribution in [1.29, 1.82) is 0 Å². The number of rotatable bonds is 6. The van der Waals surface area contributed by atoms with Crippen LogP contribution in [0, 0.1) is 0 Å². The number of methoxy groups -OCH3 is 1. The molecule has 5 nitrogen and oxygen atoms in total. The van der Waals surface area contributed by atoms with E-state index >= 15 is 0 Å². The van der Waals surface area contributed by atoms with Gasteiger partial charge in [0.1, 0.15) is 0 Å². The third kappa shape index (κ3) is 4.22. The predicted octanol–water partition coefficient (Wildman–Crippen LogP) is 3.78. The van der Waals surface area contributed by atoms with Crippen molar-refractivity contribution in [1.82, 2.24) is 15.1 Å². The molecule has 1 aliphatic rings. The third-order valence-corrected chi connectivity index (χ3v) is 4.67. The van der Waals surface area contributed by atoms with Gasteiger partial charge in [-0.25, -0.2) is 0 Å². The molecule has 0 N–H and O–H groups in total. The summed E-state index contributed by atoms with van der Waals surface area (Å²) in [7, 11) is 1.67. The fourth-order valence-electron chi connectivity index (χ4n) is 3.34. The van der Waals surface area contributed by atoms with Gasteiger partial charge >= 0.3 is 0 Å². The molecule has 24 heavy (non-hydrogen) atoms. The summed E-state index contributed by atoms with van der Waals surface area (Å²) in [5, 5.41) is 8.51. The van der Waals surface area contributed by atoms with E-state index in [4.69, 9.17) is 9.15 Å². The summed E-state index contributed by atoms with van der Waals surface area (Å²) in [6, 6.07) is 9.98. The second kappa shape index (κ2) is 8.40. The normalized spacial score (nSPS) is 18.9. The van der Waals surface area contributed by atoms with E-state index in [1.807, 2.05) is 30.3 Å². The van der Waals surface area contributed by atoms with Gasteiger partial charge in [-0.2, -0.15) is 0 Å². The van der Waals surface area contributed by atoms with E-state index in [0.717, 1.165) is 12.1 Å². The first kappa shape index (κ1) is 17.1. The fourth-order valence-corrected chi connectivity index (χ4v) is 3.34. The monoisotopic (exact) mass is 329 g/mol. The Kier molecular flexibility index (Phi) is 5.99. The molecule has 1 fully saturated rings. The van der Waals surface area contributed by atoms with Crippen molar-refractivity contribution < 1.29 is 9.15 Å². The van der Waals surface area contributed by atoms with Crippen LogP contribution in [0.15, 0.2) is 34.7 Å². The number of likely N-dealkylation sites (tertiary alicyclic amines) is 1. The lowest BCUT2D eigenvalue weighted by atomic mass is 10.1. The maximum Gasteiger partial charge on any atom is 0.249 e. The van der Waals surface area contributed by atoms with Crippen LogP contribution < -0.4 is 0 Å². The third-order valence-electron chi connectivity index (χ3n) is 4.67.